The number of benzene rings is 1. The third-order valence-corrected chi connectivity index (χ3v) is 5.03. The largest absolute Gasteiger partial charge is 0.368 e. The molecule has 2 rings (SSSR count). The molecule has 2 amide bonds. The Balaban J connectivity index is 1.90. The molecular weight excluding hydrogens is 288 g/mol. The number of hydrogen-bond acceptors (Lipinski definition) is 2. The van der Waals surface area contributed by atoms with Gasteiger partial charge in [-0.2, -0.15) is 0 Å². The van der Waals surface area contributed by atoms with E-state index >= 15 is 0 Å². The number of nitrogens with two attached hydrogens (primary N) is 1. The summed E-state index contributed by atoms with van der Waals surface area (Å²) in [6, 6.07) is 9.01. The number of rotatable bonds is 6. The highest BCUT2D eigenvalue weighted by Crippen LogP contribution is 2.33. The molecule has 0 aromatic heterocycles. The van der Waals surface area contributed by atoms with Crippen molar-refractivity contribution in [1.29, 1.82) is 0 Å². The Morgan fingerprint density at radius 3 is 2.26 bits per heavy atom. The van der Waals surface area contributed by atoms with Crippen LogP contribution >= 0.6 is 0 Å². The second kappa shape index (κ2) is 8.14. The quantitative estimate of drug-likeness (QED) is 0.847. The van der Waals surface area contributed by atoms with E-state index in [2.05, 4.69) is 19.2 Å². The van der Waals surface area contributed by atoms with Gasteiger partial charge in [0.1, 0.15) is 6.04 Å². The zero-order chi connectivity index (χ0) is 16.8. The molecular formula is C19H28N2O2. The van der Waals surface area contributed by atoms with Gasteiger partial charge >= 0.3 is 0 Å². The Bertz CT molecular complexity index is 519. The van der Waals surface area contributed by atoms with Crippen LogP contribution in [0.4, 0.5) is 0 Å². The summed E-state index contributed by atoms with van der Waals surface area (Å²) in [5.41, 5.74) is 6.47. The summed E-state index contributed by atoms with van der Waals surface area (Å²) in [7, 11) is 0. The van der Waals surface area contributed by atoms with Gasteiger partial charge in [0.25, 0.3) is 0 Å². The van der Waals surface area contributed by atoms with E-state index in [0.717, 1.165) is 37.2 Å². The predicted octanol–water partition coefficient (Wildman–Crippen LogP) is 2.66. The highest BCUT2D eigenvalue weighted by atomic mass is 16.2. The minimum Gasteiger partial charge on any atom is -0.368 e. The van der Waals surface area contributed by atoms with E-state index in [-0.39, 0.29) is 11.8 Å². The number of amides is 2. The first-order valence-corrected chi connectivity index (χ1v) is 8.61. The molecule has 126 valence electrons. The van der Waals surface area contributed by atoms with E-state index in [1.165, 1.54) is 0 Å². The zero-order valence-electron chi connectivity index (χ0n) is 14.1. The molecule has 1 saturated carbocycles. The Morgan fingerprint density at radius 2 is 1.74 bits per heavy atom. The molecule has 0 radical (unpaired) electrons. The highest BCUT2D eigenvalue weighted by molar-refractivity contribution is 5.87. The summed E-state index contributed by atoms with van der Waals surface area (Å²) in [4.78, 5) is 24.1. The molecule has 1 fully saturated rings. The van der Waals surface area contributed by atoms with Crippen LogP contribution in [0.15, 0.2) is 30.3 Å². The van der Waals surface area contributed by atoms with E-state index in [1.807, 2.05) is 30.3 Å². The van der Waals surface area contributed by atoms with E-state index in [4.69, 9.17) is 5.73 Å². The molecule has 1 aliphatic rings. The highest BCUT2D eigenvalue weighted by Gasteiger charge is 2.29. The van der Waals surface area contributed by atoms with E-state index < -0.39 is 11.9 Å². The Morgan fingerprint density at radius 1 is 1.13 bits per heavy atom. The number of carbonyl (C=O) groups is 2. The van der Waals surface area contributed by atoms with Crippen LogP contribution < -0.4 is 11.1 Å². The normalized spacial score (nSPS) is 22.6. The first kappa shape index (κ1) is 17.5. The maximum atomic E-state index is 12.5. The zero-order valence-corrected chi connectivity index (χ0v) is 14.1. The van der Waals surface area contributed by atoms with Gasteiger partial charge in [-0.25, -0.2) is 0 Å². The molecule has 0 aliphatic heterocycles. The van der Waals surface area contributed by atoms with Crippen LogP contribution in [0, 0.1) is 17.8 Å². The molecule has 0 heterocycles. The van der Waals surface area contributed by atoms with Gasteiger partial charge in [0.15, 0.2) is 0 Å². The summed E-state index contributed by atoms with van der Waals surface area (Å²) in [6.45, 7) is 4.49. The molecule has 23 heavy (non-hydrogen) atoms. The number of nitrogens with one attached hydrogen (secondary N) is 1. The number of primary amides is 1. The van der Waals surface area contributed by atoms with Gasteiger partial charge in [0.2, 0.25) is 11.8 Å². The van der Waals surface area contributed by atoms with Crippen LogP contribution in [0.25, 0.3) is 0 Å². The number of carbonyl (C=O) groups excluding carboxylic acids is 2. The summed E-state index contributed by atoms with van der Waals surface area (Å²) in [5.74, 6) is 0.915. The second-order valence-corrected chi connectivity index (χ2v) is 7.01. The van der Waals surface area contributed by atoms with Gasteiger partial charge in [-0.3, -0.25) is 9.59 Å². The molecule has 0 saturated heterocycles. The van der Waals surface area contributed by atoms with Crippen molar-refractivity contribution in [3.05, 3.63) is 35.9 Å². The Labute approximate surface area is 138 Å². The van der Waals surface area contributed by atoms with Crippen molar-refractivity contribution >= 4 is 11.8 Å². The standard InChI is InChI=1S/C19H28N2O2/c1-13(2)15-8-10-16(11-9-15)19(23)21-17(18(20)22)12-14-6-4-3-5-7-14/h3-7,13,15-17H,8-12H2,1-2H3,(H2,20,22)(H,21,23)/t15?,16?,17-/m0/s1. The molecule has 4 heteroatoms. The predicted molar refractivity (Wildman–Crippen MR) is 91.6 cm³/mol. The van der Waals surface area contributed by atoms with Crippen LogP contribution in [0.5, 0.6) is 0 Å². The van der Waals surface area contributed by atoms with Crippen molar-refractivity contribution in [2.45, 2.75) is 52.0 Å². The molecule has 0 unspecified atom stereocenters. The van der Waals surface area contributed by atoms with Crippen LogP contribution in [0.3, 0.4) is 0 Å². The molecule has 1 atom stereocenters. The molecule has 1 aromatic rings. The van der Waals surface area contributed by atoms with Crippen molar-refractivity contribution in [3.8, 4) is 0 Å². The summed E-state index contributed by atoms with van der Waals surface area (Å²) < 4.78 is 0. The Kier molecular flexibility index (Phi) is 6.20. The SMILES string of the molecule is CC(C)C1CCC(C(=O)N[C@@H](Cc2ccccc2)C(N)=O)CC1. The third-order valence-electron chi connectivity index (χ3n) is 5.03. The summed E-state index contributed by atoms with van der Waals surface area (Å²) in [6.07, 6.45) is 4.45. The van der Waals surface area contributed by atoms with Gasteiger partial charge in [-0.05, 0) is 43.1 Å². The lowest BCUT2D eigenvalue weighted by Gasteiger charge is -2.30. The molecule has 4 nitrogen and oxygen atoms in total. The van der Waals surface area contributed by atoms with Crippen molar-refractivity contribution < 1.29 is 9.59 Å². The van der Waals surface area contributed by atoms with Crippen molar-refractivity contribution in [2.24, 2.45) is 23.5 Å². The van der Waals surface area contributed by atoms with Crippen LogP contribution in [-0.2, 0) is 16.0 Å². The van der Waals surface area contributed by atoms with Gasteiger partial charge in [-0.1, -0.05) is 44.2 Å². The molecule has 3 N–H and O–H groups in total. The van der Waals surface area contributed by atoms with Gasteiger partial charge < -0.3 is 11.1 Å². The molecule has 1 aliphatic carbocycles. The topological polar surface area (TPSA) is 72.2 Å². The molecule has 0 spiro atoms. The van der Waals surface area contributed by atoms with Crippen molar-refractivity contribution in [3.63, 3.8) is 0 Å². The van der Waals surface area contributed by atoms with Crippen molar-refractivity contribution in [2.75, 3.05) is 0 Å². The molecule has 0 bridgehead atoms. The van der Waals surface area contributed by atoms with Gasteiger partial charge in [0.05, 0.1) is 0 Å². The van der Waals surface area contributed by atoms with Crippen molar-refractivity contribution in [1.82, 2.24) is 5.32 Å². The van der Waals surface area contributed by atoms with E-state index in [9.17, 15) is 9.59 Å². The molecule has 1 aromatic carbocycles. The fraction of sp³-hybridized carbons (Fsp3) is 0.579. The lowest BCUT2D eigenvalue weighted by molar-refractivity contribution is -0.130. The lowest BCUT2D eigenvalue weighted by Crippen LogP contribution is -2.48. The van der Waals surface area contributed by atoms with Gasteiger partial charge in [-0.15, -0.1) is 0 Å². The van der Waals surface area contributed by atoms with E-state index in [0.29, 0.717) is 12.3 Å². The summed E-state index contributed by atoms with van der Waals surface area (Å²) in [5, 5.41) is 2.87. The van der Waals surface area contributed by atoms with Gasteiger partial charge in [0, 0.05) is 12.3 Å². The monoisotopic (exact) mass is 316 g/mol. The Hall–Kier alpha value is -1.84. The minimum atomic E-state index is -0.632. The minimum absolute atomic E-state index is 0.0163. The maximum Gasteiger partial charge on any atom is 0.240 e. The van der Waals surface area contributed by atoms with Crippen LogP contribution in [0.2, 0.25) is 0 Å². The average molecular weight is 316 g/mol. The first-order chi connectivity index (χ1) is 11.0. The fourth-order valence-electron chi connectivity index (χ4n) is 3.41. The lowest BCUT2D eigenvalue weighted by atomic mass is 9.76. The number of hydrogen-bond donors (Lipinski definition) is 2. The van der Waals surface area contributed by atoms with E-state index in [1.54, 1.807) is 0 Å². The first-order valence-electron chi connectivity index (χ1n) is 8.61. The van der Waals surface area contributed by atoms with Crippen LogP contribution in [0.1, 0.15) is 45.1 Å². The maximum absolute atomic E-state index is 12.5. The fourth-order valence-corrected chi connectivity index (χ4v) is 3.41. The average Bonchev–Trinajstić information content (AvgIpc) is 2.55. The summed E-state index contributed by atoms with van der Waals surface area (Å²) >= 11 is 0. The third kappa shape index (κ3) is 5.08. The smallest absolute Gasteiger partial charge is 0.240 e. The second-order valence-electron chi connectivity index (χ2n) is 7.01. The van der Waals surface area contributed by atoms with Crippen LogP contribution in [-0.4, -0.2) is 17.9 Å².